The lowest BCUT2D eigenvalue weighted by Crippen LogP contribution is -2.44. The highest BCUT2D eigenvalue weighted by atomic mass is 79.9. The Kier molecular flexibility index (Phi) is 23.7. The second kappa shape index (κ2) is 32.3. The number of rotatable bonds is 17. The van der Waals surface area contributed by atoms with Crippen molar-refractivity contribution in [2.45, 2.75) is 108 Å². The van der Waals surface area contributed by atoms with E-state index in [1.54, 1.807) is 31.7 Å². The third-order valence-corrected chi connectivity index (χ3v) is 22.0. The molecule has 6 aromatic heterocycles. The van der Waals surface area contributed by atoms with E-state index < -0.39 is 22.2 Å². The molecule has 6 amide bonds. The third kappa shape index (κ3) is 17.4. The average molecular weight is 1480 g/mol. The van der Waals surface area contributed by atoms with Crippen LogP contribution in [-0.2, 0) is 23.9 Å². The lowest BCUT2D eigenvalue weighted by molar-refractivity contribution is -0.156. The Balaban J connectivity index is 0.000000162. The highest BCUT2D eigenvalue weighted by Gasteiger charge is 2.41. The van der Waals surface area contributed by atoms with Crippen LogP contribution in [-0.4, -0.2) is 158 Å². The predicted octanol–water partition coefficient (Wildman–Crippen LogP) is 13.1. The van der Waals surface area contributed by atoms with Gasteiger partial charge in [-0.1, -0.05) is 34.0 Å². The maximum atomic E-state index is 12.3. The molecule has 12 rings (SSSR count). The van der Waals surface area contributed by atoms with E-state index in [1.807, 2.05) is 104 Å². The van der Waals surface area contributed by atoms with Crippen LogP contribution in [0, 0.1) is 30.1 Å². The summed E-state index contributed by atoms with van der Waals surface area (Å²) in [6, 6.07) is 11.3. The monoisotopic (exact) mass is 1480 g/mol. The summed E-state index contributed by atoms with van der Waals surface area (Å²) in [5.41, 5.74) is 8.46. The standard InChI is InChI=1S/C24H30N6O3S.C23H27BrN6O3S.C22H26N6O3S/c1-5-25-22(32)29-23-28-18-12-16(11-15(3)19(18)34-23)17-13-26-21(27-14-17)30-9-7-24(4,8-10-30)20(31)33-6-2;1-4-25-21(32)29-22-28-17-11-14(10-16(24)18(17)34-22)15-12-26-20(27-13-15)30-8-6-23(3,7-9-30)19(31)33-5-2;1-4-23-20(31)27-21-26-16-10-14(9-13(2)17(16)32-21)15-11-24-19(25-12-15)28-7-5-22(3,6-8-28)18(29)30/h11-14H,5-10H2,1-4H3,(H2,25,28,29,32);10-13H,4-9H2,1-3H3,(H2,25,28,29,32);9-12H,4-8H2,1-3H3,(H,29,30)(H2,23,26,27,31). The minimum atomic E-state index is -0.745. The average Bonchev–Trinajstić information content (AvgIpc) is 1.77. The zero-order valence-electron chi connectivity index (χ0n) is 57.6. The van der Waals surface area contributed by atoms with Gasteiger partial charge < -0.3 is 45.2 Å². The number of urea groups is 3. The summed E-state index contributed by atoms with van der Waals surface area (Å²) in [6.07, 6.45) is 14.8. The van der Waals surface area contributed by atoms with Gasteiger partial charge >= 0.3 is 36.0 Å². The van der Waals surface area contributed by atoms with Gasteiger partial charge in [0.25, 0.3) is 0 Å². The number of anilines is 6. The minimum Gasteiger partial charge on any atom is -0.481 e. The summed E-state index contributed by atoms with van der Waals surface area (Å²) in [5.74, 6) is 0.930. The molecule has 100 heavy (non-hydrogen) atoms. The zero-order valence-corrected chi connectivity index (χ0v) is 61.7. The molecule has 0 radical (unpaired) electrons. The lowest BCUT2D eigenvalue weighted by Gasteiger charge is -2.37. The molecule has 0 saturated carbocycles. The first-order valence-corrected chi connectivity index (χ1v) is 36.6. The molecular weight excluding hydrogens is 1400 g/mol. The number of fused-ring (bicyclic) bond motifs is 3. The normalized spacial score (nSPS) is 15.3. The SMILES string of the molecule is CCNC(=O)Nc1nc2cc(-c3cnc(N4CCC(C)(C(=O)O)CC4)nc3)cc(C)c2s1.CCNC(=O)Nc1nc2cc(-c3cnc(N4CCC(C)(C(=O)OCC)CC4)nc3)cc(Br)c2s1.CCNC(=O)Nc1nc2cc(-c3cnc(N4CCC(C)(C(=O)OCC)CC4)nc3)cc(C)c2s1. The number of carbonyl (C=O) groups excluding carboxylic acids is 5. The summed E-state index contributed by atoms with van der Waals surface area (Å²) in [4.78, 5) is 119. The highest BCUT2D eigenvalue weighted by molar-refractivity contribution is 9.10. The third-order valence-electron chi connectivity index (χ3n) is 17.9. The maximum absolute atomic E-state index is 12.3. The van der Waals surface area contributed by atoms with Crippen molar-refractivity contribution in [1.82, 2.24) is 60.8 Å². The van der Waals surface area contributed by atoms with Crippen LogP contribution in [0.1, 0.15) is 105 Å². The number of nitrogens with zero attached hydrogens (tertiary/aromatic N) is 12. The molecule has 0 atom stereocenters. The van der Waals surface area contributed by atoms with Crippen molar-refractivity contribution in [1.29, 1.82) is 0 Å². The van der Waals surface area contributed by atoms with Crippen LogP contribution in [0.5, 0.6) is 0 Å². The second-order valence-electron chi connectivity index (χ2n) is 25.3. The summed E-state index contributed by atoms with van der Waals surface area (Å²) in [7, 11) is 0. The first-order valence-electron chi connectivity index (χ1n) is 33.3. The summed E-state index contributed by atoms with van der Waals surface area (Å²) >= 11 is 7.92. The summed E-state index contributed by atoms with van der Waals surface area (Å²) in [6.45, 7) is 25.5. The fraction of sp³-hybridized carbons (Fsp3) is 0.435. The largest absolute Gasteiger partial charge is 0.481 e. The molecule has 3 aliphatic heterocycles. The summed E-state index contributed by atoms with van der Waals surface area (Å²) in [5, 5.41) is 27.5. The second-order valence-corrected chi connectivity index (χ2v) is 29.2. The minimum absolute atomic E-state index is 0.122. The van der Waals surface area contributed by atoms with Crippen LogP contribution < -0.4 is 46.6 Å². The molecule has 0 bridgehead atoms. The number of aryl methyl sites for hydroxylation is 2. The number of carbonyl (C=O) groups is 6. The van der Waals surface area contributed by atoms with Crippen molar-refractivity contribution >= 4 is 150 Å². The van der Waals surface area contributed by atoms with Crippen molar-refractivity contribution in [3.63, 3.8) is 0 Å². The molecule has 9 heterocycles. The first-order chi connectivity index (χ1) is 47.9. The molecule has 0 unspecified atom stereocenters. The van der Waals surface area contributed by atoms with E-state index in [0.717, 1.165) is 79.6 Å². The number of hydrogen-bond donors (Lipinski definition) is 7. The van der Waals surface area contributed by atoms with Crippen LogP contribution in [0.4, 0.5) is 47.6 Å². The fourth-order valence-corrected chi connectivity index (χ4v) is 15.1. The molecule has 9 aromatic rings. The van der Waals surface area contributed by atoms with Gasteiger partial charge in [0.2, 0.25) is 17.8 Å². The van der Waals surface area contributed by atoms with E-state index in [2.05, 4.69) is 115 Å². The molecule has 3 aliphatic rings. The highest BCUT2D eigenvalue weighted by Crippen LogP contribution is 2.40. The molecular formula is C69H83BrN18O9S3. The predicted molar refractivity (Wildman–Crippen MR) is 397 cm³/mol. The van der Waals surface area contributed by atoms with Crippen LogP contribution in [0.25, 0.3) is 64.0 Å². The van der Waals surface area contributed by atoms with Crippen molar-refractivity contribution in [2.75, 3.05) is 103 Å². The molecule has 27 nitrogen and oxygen atoms in total. The number of aliphatic carboxylic acids is 1. The Morgan fingerprint density at radius 2 is 0.740 bits per heavy atom. The molecule has 528 valence electrons. The van der Waals surface area contributed by atoms with Crippen molar-refractivity contribution in [2.24, 2.45) is 16.2 Å². The van der Waals surface area contributed by atoms with E-state index in [0.29, 0.717) is 144 Å². The lowest BCUT2D eigenvalue weighted by atomic mass is 9.80. The number of nitrogens with one attached hydrogen (secondary N) is 6. The fourth-order valence-electron chi connectivity index (χ4n) is 11.7. The Hall–Kier alpha value is -9.33. The quantitative estimate of drug-likeness (QED) is 0.0416. The van der Waals surface area contributed by atoms with Crippen molar-refractivity contribution in [3.05, 3.63) is 89.2 Å². The number of carboxylic acid groups (broad SMARTS) is 1. The number of amides is 6. The van der Waals surface area contributed by atoms with Gasteiger partial charge in [-0.25, -0.2) is 59.2 Å². The number of halogens is 1. The van der Waals surface area contributed by atoms with Gasteiger partial charge in [0.05, 0.1) is 60.1 Å². The van der Waals surface area contributed by atoms with Crippen LogP contribution in [0.3, 0.4) is 0 Å². The van der Waals surface area contributed by atoms with Gasteiger partial charge in [-0.3, -0.25) is 30.3 Å². The van der Waals surface area contributed by atoms with E-state index >= 15 is 0 Å². The molecule has 7 N–H and O–H groups in total. The van der Waals surface area contributed by atoms with Crippen LogP contribution in [0.2, 0.25) is 0 Å². The van der Waals surface area contributed by atoms with E-state index in [9.17, 15) is 33.9 Å². The van der Waals surface area contributed by atoms with E-state index in [-0.39, 0.29) is 30.0 Å². The smallest absolute Gasteiger partial charge is 0.321 e. The molecule has 3 saturated heterocycles. The molecule has 0 spiro atoms. The number of ether oxygens (including phenoxy) is 2. The number of thiazole rings is 3. The van der Waals surface area contributed by atoms with Crippen LogP contribution in [0.15, 0.2) is 78.1 Å². The molecule has 3 fully saturated rings. The number of hydrogen-bond acceptors (Lipinski definition) is 23. The molecule has 0 aliphatic carbocycles. The van der Waals surface area contributed by atoms with Crippen molar-refractivity contribution in [3.8, 4) is 33.4 Å². The zero-order chi connectivity index (χ0) is 71.5. The Morgan fingerprint density at radius 3 is 1.04 bits per heavy atom. The van der Waals surface area contributed by atoms with Gasteiger partial charge in [0, 0.05) is 117 Å². The topological polar surface area (TPSA) is 339 Å². The Bertz CT molecular complexity index is 4230. The molecule has 31 heteroatoms. The number of aromatic nitrogens is 9. The Morgan fingerprint density at radius 1 is 0.450 bits per heavy atom. The van der Waals surface area contributed by atoms with Crippen LogP contribution >= 0.6 is 49.9 Å². The van der Waals surface area contributed by atoms with E-state index in [4.69, 9.17) is 9.47 Å². The summed E-state index contributed by atoms with van der Waals surface area (Å²) < 4.78 is 14.4. The van der Waals surface area contributed by atoms with Gasteiger partial charge in [0.1, 0.15) is 0 Å². The van der Waals surface area contributed by atoms with Gasteiger partial charge in [-0.05, 0) is 188 Å². The van der Waals surface area contributed by atoms with E-state index in [1.165, 1.54) is 34.0 Å². The number of carboxylic acids is 1. The first kappa shape index (κ1) is 73.4. The molecule has 3 aromatic carbocycles. The van der Waals surface area contributed by atoms with Gasteiger partial charge in [-0.2, -0.15) is 0 Å². The number of benzene rings is 3. The van der Waals surface area contributed by atoms with Gasteiger partial charge in [-0.15, -0.1) is 0 Å². The Labute approximate surface area is 599 Å². The number of esters is 2. The number of piperidine rings is 3. The van der Waals surface area contributed by atoms with Gasteiger partial charge in [0.15, 0.2) is 15.4 Å². The maximum Gasteiger partial charge on any atom is 0.321 e. The van der Waals surface area contributed by atoms with Crippen molar-refractivity contribution < 1.29 is 43.3 Å².